The Bertz CT molecular complexity index is 1300. The second-order valence-electron chi connectivity index (χ2n) is 7.50. The fraction of sp³-hybridized carbons (Fsp3) is 0.0800. The number of carbonyl (C=O) groups is 2. The summed E-state index contributed by atoms with van der Waals surface area (Å²) in [7, 11) is 0. The van der Waals surface area contributed by atoms with Crippen LogP contribution in [0.3, 0.4) is 0 Å². The lowest BCUT2D eigenvalue weighted by molar-refractivity contribution is -0.682. The standard InChI is InChI=1S/C25H20N4O2S2/c30-22(24-7-3-11-32-24)16-28-9-1-5-18(14-28)20-13-21(27-26-20)19-6-2-10-29(15-19)17-23(31)25-8-4-12-33-25/h1-15H,16-17H2,(H,26,27)/q+2. The van der Waals surface area contributed by atoms with Crippen LogP contribution in [0.5, 0.6) is 0 Å². The zero-order chi connectivity index (χ0) is 22.6. The topological polar surface area (TPSA) is 70.6 Å². The number of nitrogens with one attached hydrogen (secondary N) is 1. The first-order valence-corrected chi connectivity index (χ1v) is 12.1. The number of carbonyl (C=O) groups excluding carboxylic acids is 2. The average molecular weight is 473 g/mol. The Morgan fingerprint density at radius 2 is 1.36 bits per heavy atom. The summed E-state index contributed by atoms with van der Waals surface area (Å²) in [5.74, 6) is 0.171. The molecule has 5 aromatic rings. The molecule has 162 valence electrons. The molecule has 0 aliphatic rings. The van der Waals surface area contributed by atoms with Crippen molar-refractivity contribution in [1.82, 2.24) is 10.2 Å². The molecule has 0 aliphatic heterocycles. The van der Waals surface area contributed by atoms with Gasteiger partial charge in [0, 0.05) is 12.1 Å². The Morgan fingerprint density at radius 1 is 0.788 bits per heavy atom. The molecule has 0 unspecified atom stereocenters. The lowest BCUT2D eigenvalue weighted by atomic mass is 10.1. The van der Waals surface area contributed by atoms with Crippen LogP contribution in [0.15, 0.2) is 90.1 Å². The maximum atomic E-state index is 12.4. The van der Waals surface area contributed by atoms with Crippen molar-refractivity contribution in [2.45, 2.75) is 13.1 Å². The predicted molar refractivity (Wildman–Crippen MR) is 127 cm³/mol. The van der Waals surface area contributed by atoms with E-state index < -0.39 is 0 Å². The molecule has 5 aromatic heterocycles. The molecule has 5 rings (SSSR count). The number of hydrogen-bond donors (Lipinski definition) is 1. The second kappa shape index (κ2) is 9.40. The van der Waals surface area contributed by atoms with E-state index in [1.807, 2.05) is 99.3 Å². The van der Waals surface area contributed by atoms with Gasteiger partial charge in [-0.3, -0.25) is 14.7 Å². The maximum Gasteiger partial charge on any atom is 0.237 e. The van der Waals surface area contributed by atoms with Crippen LogP contribution in [0.25, 0.3) is 22.5 Å². The highest BCUT2D eigenvalue weighted by molar-refractivity contribution is 7.12. The zero-order valence-corrected chi connectivity index (χ0v) is 19.2. The van der Waals surface area contributed by atoms with Crippen LogP contribution in [-0.4, -0.2) is 21.8 Å². The first-order chi connectivity index (χ1) is 16.2. The van der Waals surface area contributed by atoms with Gasteiger partial charge in [-0.2, -0.15) is 14.2 Å². The van der Waals surface area contributed by atoms with Crippen molar-refractivity contribution in [2.75, 3.05) is 0 Å². The smallest absolute Gasteiger partial charge is 0.237 e. The molecule has 33 heavy (non-hydrogen) atoms. The van der Waals surface area contributed by atoms with Gasteiger partial charge in [-0.1, -0.05) is 12.1 Å². The lowest BCUT2D eigenvalue weighted by Gasteiger charge is -1.99. The normalized spacial score (nSPS) is 10.9. The van der Waals surface area contributed by atoms with Gasteiger partial charge >= 0.3 is 0 Å². The fourth-order valence-electron chi connectivity index (χ4n) is 3.53. The highest BCUT2D eigenvalue weighted by atomic mass is 32.1. The third kappa shape index (κ3) is 4.87. The minimum Gasteiger partial charge on any atom is -0.286 e. The Labute approximate surface area is 198 Å². The molecule has 0 atom stereocenters. The van der Waals surface area contributed by atoms with Crippen LogP contribution in [0.2, 0.25) is 0 Å². The van der Waals surface area contributed by atoms with Crippen molar-refractivity contribution in [3.8, 4) is 22.5 Å². The van der Waals surface area contributed by atoms with Crippen molar-refractivity contribution in [1.29, 1.82) is 0 Å². The number of H-pyrrole nitrogens is 1. The Morgan fingerprint density at radius 3 is 1.94 bits per heavy atom. The van der Waals surface area contributed by atoms with E-state index in [4.69, 9.17) is 0 Å². The molecule has 0 aliphatic carbocycles. The Hall–Kier alpha value is -3.75. The van der Waals surface area contributed by atoms with Gasteiger partial charge in [-0.25, -0.2) is 0 Å². The fourth-order valence-corrected chi connectivity index (χ4v) is 4.84. The largest absolute Gasteiger partial charge is 0.286 e. The molecule has 0 fully saturated rings. The Balaban J connectivity index is 1.33. The monoisotopic (exact) mass is 472 g/mol. The van der Waals surface area contributed by atoms with Crippen molar-refractivity contribution >= 4 is 34.2 Å². The third-order valence-corrected chi connectivity index (χ3v) is 6.97. The highest BCUT2D eigenvalue weighted by Gasteiger charge is 2.17. The van der Waals surface area contributed by atoms with Crippen LogP contribution in [0.4, 0.5) is 0 Å². The number of thiophene rings is 2. The van der Waals surface area contributed by atoms with Crippen LogP contribution in [0.1, 0.15) is 19.3 Å². The van der Waals surface area contributed by atoms with Crippen molar-refractivity contribution in [2.24, 2.45) is 0 Å². The van der Waals surface area contributed by atoms with Gasteiger partial charge < -0.3 is 0 Å². The van der Waals surface area contributed by atoms with Gasteiger partial charge in [0.1, 0.15) is 0 Å². The van der Waals surface area contributed by atoms with E-state index in [2.05, 4.69) is 10.2 Å². The molecule has 0 aromatic carbocycles. The van der Waals surface area contributed by atoms with Crippen LogP contribution < -0.4 is 9.13 Å². The molecule has 5 heterocycles. The summed E-state index contributed by atoms with van der Waals surface area (Å²) in [4.78, 5) is 26.4. The number of pyridine rings is 2. The predicted octanol–water partition coefficient (Wildman–Crippen LogP) is 4.21. The van der Waals surface area contributed by atoms with E-state index in [-0.39, 0.29) is 24.7 Å². The van der Waals surface area contributed by atoms with Gasteiger partial charge in [-0.15, -0.1) is 22.7 Å². The number of nitrogens with zero attached hydrogens (tertiary/aromatic N) is 3. The number of ketones is 2. The molecule has 8 heteroatoms. The lowest BCUT2D eigenvalue weighted by Crippen LogP contribution is -2.37. The first-order valence-electron chi connectivity index (χ1n) is 10.3. The Kier molecular flexibility index (Phi) is 6.01. The molecule has 0 saturated heterocycles. The summed E-state index contributed by atoms with van der Waals surface area (Å²) < 4.78 is 3.75. The van der Waals surface area contributed by atoms with Crippen LogP contribution in [0, 0.1) is 0 Å². The molecule has 0 bridgehead atoms. The minimum absolute atomic E-state index is 0.0841. The van der Waals surface area contributed by atoms with Crippen LogP contribution >= 0.6 is 22.7 Å². The summed E-state index contributed by atoms with van der Waals surface area (Å²) >= 11 is 2.91. The van der Waals surface area contributed by atoms with E-state index in [0.29, 0.717) is 0 Å². The molecule has 1 N–H and O–H groups in total. The SMILES string of the molecule is O=C(C[n+]1cccc(-c2cc(-c3ccc[n+](CC(=O)c4cccs4)c3)[nH]n2)c1)c1cccs1. The number of Topliss-reactive ketones (excluding diaryl/α,β-unsaturated/α-hetero) is 2. The molecule has 0 spiro atoms. The molecular weight excluding hydrogens is 452 g/mol. The molecule has 0 saturated carbocycles. The summed E-state index contributed by atoms with van der Waals surface area (Å²) in [5.41, 5.74) is 3.49. The number of aromatic amines is 1. The van der Waals surface area contributed by atoms with E-state index in [9.17, 15) is 9.59 Å². The van der Waals surface area contributed by atoms with Crippen molar-refractivity contribution < 1.29 is 18.7 Å². The molecule has 6 nitrogen and oxygen atoms in total. The first kappa shape index (κ1) is 21.1. The van der Waals surface area contributed by atoms with Crippen LogP contribution in [-0.2, 0) is 13.1 Å². The van der Waals surface area contributed by atoms with Gasteiger partial charge in [0.2, 0.25) is 24.7 Å². The summed E-state index contributed by atoms with van der Waals surface area (Å²) in [5, 5.41) is 11.4. The quantitative estimate of drug-likeness (QED) is 0.272. The molecule has 0 amide bonds. The summed E-state index contributed by atoms with van der Waals surface area (Å²) in [6.45, 7) is 0.564. The van der Waals surface area contributed by atoms with Crippen molar-refractivity contribution in [3.05, 3.63) is 99.9 Å². The molecule has 0 radical (unpaired) electrons. The summed E-state index contributed by atoms with van der Waals surface area (Å²) in [6.07, 6.45) is 7.63. The molecular formula is C25H20N4O2S2+2. The number of aromatic nitrogens is 4. The second-order valence-corrected chi connectivity index (χ2v) is 9.39. The van der Waals surface area contributed by atoms with E-state index in [1.165, 1.54) is 22.7 Å². The van der Waals surface area contributed by atoms with Gasteiger partial charge in [0.25, 0.3) is 0 Å². The number of hydrogen-bond acceptors (Lipinski definition) is 5. The third-order valence-electron chi connectivity index (χ3n) is 5.15. The maximum absolute atomic E-state index is 12.4. The average Bonchev–Trinajstić information content (AvgIpc) is 3.62. The summed E-state index contributed by atoms with van der Waals surface area (Å²) in [6, 6.07) is 17.2. The zero-order valence-electron chi connectivity index (χ0n) is 17.5. The van der Waals surface area contributed by atoms with E-state index >= 15 is 0 Å². The van der Waals surface area contributed by atoms with E-state index in [1.54, 1.807) is 0 Å². The highest BCUT2D eigenvalue weighted by Crippen LogP contribution is 2.22. The van der Waals surface area contributed by atoms with Gasteiger partial charge in [-0.05, 0) is 41.1 Å². The van der Waals surface area contributed by atoms with Crippen molar-refractivity contribution in [3.63, 3.8) is 0 Å². The van der Waals surface area contributed by atoms with E-state index in [0.717, 1.165) is 32.3 Å². The van der Waals surface area contributed by atoms with Gasteiger partial charge in [0.05, 0.1) is 32.3 Å². The van der Waals surface area contributed by atoms with Gasteiger partial charge in [0.15, 0.2) is 24.8 Å². The number of rotatable bonds is 8. The minimum atomic E-state index is 0.0841.